The molecule has 2 aliphatic heterocycles. The molecule has 0 bridgehead atoms. The van der Waals surface area contributed by atoms with Gasteiger partial charge in [0.25, 0.3) is 5.91 Å². The lowest BCUT2D eigenvalue weighted by molar-refractivity contribution is -0.136. The summed E-state index contributed by atoms with van der Waals surface area (Å²) in [4.78, 5) is 47.1. The van der Waals surface area contributed by atoms with Crippen molar-refractivity contribution in [2.45, 2.75) is 25.4 Å². The van der Waals surface area contributed by atoms with E-state index in [4.69, 9.17) is 0 Å². The number of hydrogen-bond acceptors (Lipinski definition) is 6. The van der Waals surface area contributed by atoms with Gasteiger partial charge in [-0.15, -0.1) is 0 Å². The summed E-state index contributed by atoms with van der Waals surface area (Å²) < 4.78 is 1.84. The Morgan fingerprint density at radius 3 is 2.81 bits per heavy atom. The van der Waals surface area contributed by atoms with Crippen LogP contribution in [0.4, 0.5) is 0 Å². The van der Waals surface area contributed by atoms with Gasteiger partial charge in [-0.05, 0) is 36.2 Å². The fourth-order valence-corrected chi connectivity index (χ4v) is 4.29. The Kier molecular flexibility index (Phi) is 4.56. The van der Waals surface area contributed by atoms with Crippen LogP contribution in [0.15, 0.2) is 42.7 Å². The topological polar surface area (TPSA) is 121 Å². The lowest BCUT2D eigenvalue weighted by atomic mass is 10.0. The van der Waals surface area contributed by atoms with Crippen molar-refractivity contribution in [2.75, 3.05) is 0 Å². The van der Waals surface area contributed by atoms with Crippen molar-refractivity contribution in [3.05, 3.63) is 59.5 Å². The zero-order valence-electron chi connectivity index (χ0n) is 17.2. The molecule has 1 fully saturated rings. The first-order valence-corrected chi connectivity index (χ1v) is 10.1. The molecule has 1 N–H and O–H groups in total. The minimum absolute atomic E-state index is 0.216. The van der Waals surface area contributed by atoms with Gasteiger partial charge in [-0.3, -0.25) is 19.7 Å². The van der Waals surface area contributed by atoms with E-state index in [1.54, 1.807) is 24.5 Å². The molecule has 0 saturated carbocycles. The number of fused-ring (bicyclic) bond motifs is 1. The molecule has 4 heterocycles. The van der Waals surface area contributed by atoms with Crippen LogP contribution in [-0.2, 0) is 23.2 Å². The fraction of sp³-hybridized carbons (Fsp3) is 0.217. The summed E-state index contributed by atoms with van der Waals surface area (Å²) in [6, 6.07) is 12.1. The zero-order chi connectivity index (χ0) is 22.4. The SMILES string of the molecule is Cn1cnc(-c2ccc3c(c2)CN([C@H]2CCC(=O)NC2=O)C3=O)c1-c1cccc(C#N)n1. The van der Waals surface area contributed by atoms with E-state index in [-0.39, 0.29) is 18.2 Å². The number of nitrogens with one attached hydrogen (secondary N) is 1. The number of imide groups is 1. The van der Waals surface area contributed by atoms with Crippen molar-refractivity contribution in [2.24, 2.45) is 7.05 Å². The first-order chi connectivity index (χ1) is 15.5. The highest BCUT2D eigenvalue weighted by molar-refractivity contribution is 6.05. The lowest BCUT2D eigenvalue weighted by Crippen LogP contribution is -2.52. The van der Waals surface area contributed by atoms with Gasteiger partial charge in [-0.1, -0.05) is 12.1 Å². The summed E-state index contributed by atoms with van der Waals surface area (Å²) in [6.07, 6.45) is 2.22. The van der Waals surface area contributed by atoms with Crippen LogP contribution in [0.5, 0.6) is 0 Å². The Balaban J connectivity index is 1.50. The smallest absolute Gasteiger partial charge is 0.255 e. The van der Waals surface area contributed by atoms with Crippen molar-refractivity contribution >= 4 is 17.7 Å². The molecular weight excluding hydrogens is 408 g/mol. The number of carbonyl (C=O) groups is 3. The van der Waals surface area contributed by atoms with Crippen LogP contribution >= 0.6 is 0 Å². The molecule has 1 saturated heterocycles. The summed E-state index contributed by atoms with van der Waals surface area (Å²) in [5.41, 5.74) is 4.53. The number of aryl methyl sites for hydroxylation is 1. The van der Waals surface area contributed by atoms with Gasteiger partial charge in [-0.2, -0.15) is 5.26 Å². The molecule has 2 aromatic heterocycles. The standard InChI is InChI=1S/C23H18N6O3/c1-28-12-25-20(21(28)17-4-2-3-15(10-24)26-17)13-5-6-16-14(9-13)11-29(23(16)32)18-7-8-19(30)27-22(18)31/h2-6,9,12,18H,7-8,11H2,1H3,(H,27,30,31)/t18-/m0/s1. The third-order valence-corrected chi connectivity index (χ3v) is 5.84. The number of aromatic nitrogens is 3. The quantitative estimate of drug-likeness (QED) is 0.638. The molecule has 9 nitrogen and oxygen atoms in total. The van der Waals surface area contributed by atoms with Crippen LogP contribution in [0, 0.1) is 11.3 Å². The van der Waals surface area contributed by atoms with Crippen LogP contribution in [0.25, 0.3) is 22.6 Å². The number of benzene rings is 1. The van der Waals surface area contributed by atoms with E-state index in [2.05, 4.69) is 21.4 Å². The molecule has 9 heteroatoms. The molecule has 0 radical (unpaired) electrons. The van der Waals surface area contributed by atoms with Crippen LogP contribution in [0.2, 0.25) is 0 Å². The van der Waals surface area contributed by atoms with Crippen LogP contribution in [-0.4, -0.2) is 43.2 Å². The molecular formula is C23H18N6O3. The molecule has 2 aliphatic rings. The predicted molar refractivity (Wildman–Crippen MR) is 113 cm³/mol. The van der Waals surface area contributed by atoms with E-state index in [9.17, 15) is 19.6 Å². The molecule has 158 valence electrons. The summed E-state index contributed by atoms with van der Waals surface area (Å²) in [5.74, 6) is -0.960. The Hall–Kier alpha value is -4.32. The predicted octanol–water partition coefficient (Wildman–Crippen LogP) is 1.78. The van der Waals surface area contributed by atoms with Gasteiger partial charge in [0.15, 0.2) is 0 Å². The molecule has 0 unspecified atom stereocenters. The van der Waals surface area contributed by atoms with Gasteiger partial charge >= 0.3 is 0 Å². The van der Waals surface area contributed by atoms with Gasteiger partial charge in [-0.25, -0.2) is 9.97 Å². The molecule has 32 heavy (non-hydrogen) atoms. The zero-order valence-corrected chi connectivity index (χ0v) is 17.2. The van der Waals surface area contributed by atoms with Crippen LogP contribution in [0.1, 0.15) is 34.5 Å². The number of nitrogens with zero attached hydrogens (tertiary/aromatic N) is 5. The van der Waals surface area contributed by atoms with Crippen LogP contribution < -0.4 is 5.32 Å². The second kappa shape index (κ2) is 7.42. The normalized spacial score (nSPS) is 17.8. The van der Waals surface area contributed by atoms with E-state index in [0.29, 0.717) is 35.6 Å². The third kappa shape index (κ3) is 3.13. The van der Waals surface area contributed by atoms with E-state index < -0.39 is 11.9 Å². The minimum Gasteiger partial charge on any atom is -0.332 e. The average Bonchev–Trinajstić information content (AvgIpc) is 3.33. The summed E-state index contributed by atoms with van der Waals surface area (Å²) in [7, 11) is 1.86. The number of amides is 3. The number of nitriles is 1. The van der Waals surface area contributed by atoms with Gasteiger partial charge in [0, 0.05) is 31.1 Å². The largest absolute Gasteiger partial charge is 0.332 e. The van der Waals surface area contributed by atoms with Gasteiger partial charge in [0.05, 0.1) is 23.4 Å². The highest BCUT2D eigenvalue weighted by atomic mass is 16.2. The second-order valence-electron chi connectivity index (χ2n) is 7.84. The Bertz CT molecular complexity index is 1340. The summed E-state index contributed by atoms with van der Waals surface area (Å²) >= 11 is 0. The minimum atomic E-state index is -0.653. The Morgan fingerprint density at radius 2 is 2.03 bits per heavy atom. The Labute approximate surface area is 183 Å². The Morgan fingerprint density at radius 1 is 1.19 bits per heavy atom. The summed E-state index contributed by atoms with van der Waals surface area (Å²) in [6.45, 7) is 0.290. The maximum Gasteiger partial charge on any atom is 0.255 e. The monoisotopic (exact) mass is 426 g/mol. The van der Waals surface area contributed by atoms with Gasteiger partial charge < -0.3 is 9.47 Å². The number of hydrogen-bond donors (Lipinski definition) is 1. The maximum atomic E-state index is 12.9. The first kappa shape index (κ1) is 19.6. The van der Waals surface area contributed by atoms with Crippen molar-refractivity contribution in [3.63, 3.8) is 0 Å². The molecule has 1 atom stereocenters. The lowest BCUT2D eigenvalue weighted by Gasteiger charge is -2.29. The van der Waals surface area contributed by atoms with Crippen LogP contribution in [0.3, 0.4) is 0 Å². The number of carbonyl (C=O) groups excluding carboxylic acids is 3. The average molecular weight is 426 g/mol. The third-order valence-electron chi connectivity index (χ3n) is 5.84. The number of rotatable bonds is 3. The van der Waals surface area contributed by atoms with Gasteiger partial charge in [0.2, 0.25) is 11.8 Å². The number of piperidine rings is 1. The van der Waals surface area contributed by atoms with Crippen molar-refractivity contribution in [3.8, 4) is 28.7 Å². The molecule has 3 amide bonds. The molecule has 5 rings (SSSR count). The van der Waals surface area contributed by atoms with Crippen molar-refractivity contribution in [1.82, 2.24) is 24.8 Å². The first-order valence-electron chi connectivity index (χ1n) is 10.1. The van der Waals surface area contributed by atoms with Crippen molar-refractivity contribution < 1.29 is 14.4 Å². The number of pyridine rings is 1. The van der Waals surface area contributed by atoms with Crippen molar-refractivity contribution in [1.29, 1.82) is 5.26 Å². The second-order valence-corrected chi connectivity index (χ2v) is 7.84. The van der Waals surface area contributed by atoms with E-state index in [0.717, 1.165) is 16.8 Å². The molecule has 0 aliphatic carbocycles. The van der Waals surface area contributed by atoms with E-state index in [1.165, 1.54) is 4.90 Å². The molecule has 0 spiro atoms. The molecule has 3 aromatic rings. The van der Waals surface area contributed by atoms with E-state index in [1.807, 2.05) is 29.8 Å². The maximum absolute atomic E-state index is 12.9. The number of imidazole rings is 1. The van der Waals surface area contributed by atoms with Gasteiger partial charge in [0.1, 0.15) is 17.8 Å². The fourth-order valence-electron chi connectivity index (χ4n) is 4.29. The highest BCUT2D eigenvalue weighted by Gasteiger charge is 2.39. The van der Waals surface area contributed by atoms with E-state index >= 15 is 0 Å². The highest BCUT2D eigenvalue weighted by Crippen LogP contribution is 2.34. The summed E-state index contributed by atoms with van der Waals surface area (Å²) in [5, 5.41) is 11.5. The molecule has 1 aromatic carbocycles.